The Bertz CT molecular complexity index is 745. The number of imidazole rings is 1. The van der Waals surface area contributed by atoms with Crippen molar-refractivity contribution in [2.45, 2.75) is 0 Å². The number of anilines is 1. The van der Waals surface area contributed by atoms with E-state index in [0.717, 1.165) is 0 Å². The second kappa shape index (κ2) is 3.71. The van der Waals surface area contributed by atoms with Gasteiger partial charge < -0.3 is 5.73 Å². The van der Waals surface area contributed by atoms with Crippen molar-refractivity contribution in [3.8, 4) is 5.82 Å². The summed E-state index contributed by atoms with van der Waals surface area (Å²) >= 11 is 5.78. The van der Waals surface area contributed by atoms with Crippen molar-refractivity contribution >= 4 is 28.6 Å². The third-order valence-electron chi connectivity index (χ3n) is 2.65. The van der Waals surface area contributed by atoms with Gasteiger partial charge in [-0.3, -0.25) is 9.25 Å². The van der Waals surface area contributed by atoms with Gasteiger partial charge in [0, 0.05) is 25.4 Å². The molecule has 0 saturated heterocycles. The zero-order chi connectivity index (χ0) is 12.9. The largest absolute Gasteiger partial charge is 0.369 e. The molecule has 18 heavy (non-hydrogen) atoms. The lowest BCUT2D eigenvalue weighted by Gasteiger charge is -2.02. The summed E-state index contributed by atoms with van der Waals surface area (Å²) in [5.41, 5.74) is 6.90. The molecule has 0 unspecified atom stereocenters. The fourth-order valence-electron chi connectivity index (χ4n) is 1.85. The summed E-state index contributed by atoms with van der Waals surface area (Å²) in [5, 5.41) is 4.27. The molecule has 92 valence electrons. The molecule has 5 nitrogen and oxygen atoms in total. The van der Waals surface area contributed by atoms with Gasteiger partial charge in [0.2, 0.25) is 5.95 Å². The number of rotatable bonds is 1. The number of aromatic nitrogens is 4. The summed E-state index contributed by atoms with van der Waals surface area (Å²) in [5.74, 6) is 0.334. The molecule has 0 aliphatic heterocycles. The fourth-order valence-corrected chi connectivity index (χ4v) is 2.01. The second-order valence-corrected chi connectivity index (χ2v) is 4.32. The van der Waals surface area contributed by atoms with Gasteiger partial charge in [-0.2, -0.15) is 5.10 Å². The van der Waals surface area contributed by atoms with E-state index in [9.17, 15) is 4.39 Å². The summed E-state index contributed by atoms with van der Waals surface area (Å²) in [6.07, 6.45) is 1.78. The van der Waals surface area contributed by atoms with E-state index in [1.807, 2.05) is 0 Å². The molecule has 0 saturated carbocycles. The number of nitrogen functional groups attached to an aromatic ring is 1. The predicted octanol–water partition coefficient (Wildman–Crippen LogP) is 2.13. The van der Waals surface area contributed by atoms with E-state index in [4.69, 9.17) is 17.3 Å². The van der Waals surface area contributed by atoms with Crippen LogP contribution in [0.4, 0.5) is 10.3 Å². The molecule has 2 heterocycles. The molecule has 1 aromatic carbocycles. The van der Waals surface area contributed by atoms with E-state index in [2.05, 4.69) is 10.1 Å². The highest BCUT2D eigenvalue weighted by Crippen LogP contribution is 2.26. The minimum atomic E-state index is -0.519. The molecule has 2 N–H and O–H groups in total. The molecular formula is C11H9ClFN5. The van der Waals surface area contributed by atoms with Crippen LogP contribution in [0, 0.1) is 5.82 Å². The van der Waals surface area contributed by atoms with Crippen LogP contribution >= 0.6 is 11.6 Å². The molecule has 0 fully saturated rings. The Morgan fingerprint density at radius 2 is 2.17 bits per heavy atom. The highest BCUT2D eigenvalue weighted by Gasteiger charge is 2.14. The van der Waals surface area contributed by atoms with Crippen LogP contribution in [0.1, 0.15) is 0 Å². The first kappa shape index (κ1) is 11.0. The predicted molar refractivity (Wildman–Crippen MR) is 67.2 cm³/mol. The van der Waals surface area contributed by atoms with Crippen molar-refractivity contribution in [3.63, 3.8) is 0 Å². The van der Waals surface area contributed by atoms with Crippen LogP contribution in [-0.4, -0.2) is 19.3 Å². The van der Waals surface area contributed by atoms with Gasteiger partial charge in [0.1, 0.15) is 5.82 Å². The molecule has 0 aliphatic carbocycles. The van der Waals surface area contributed by atoms with Crippen LogP contribution in [0.2, 0.25) is 5.02 Å². The molecule has 0 bridgehead atoms. The van der Waals surface area contributed by atoms with Gasteiger partial charge in [0.05, 0.1) is 16.1 Å². The quantitative estimate of drug-likeness (QED) is 0.733. The van der Waals surface area contributed by atoms with E-state index < -0.39 is 5.82 Å². The summed E-state index contributed by atoms with van der Waals surface area (Å²) in [6.45, 7) is 0. The SMILES string of the molecule is Cn1ccc(-n2c(N)nc3cc(F)c(Cl)cc32)n1. The van der Waals surface area contributed by atoms with Crippen molar-refractivity contribution in [1.29, 1.82) is 0 Å². The second-order valence-electron chi connectivity index (χ2n) is 3.91. The monoisotopic (exact) mass is 265 g/mol. The molecule has 3 aromatic rings. The lowest BCUT2D eigenvalue weighted by atomic mass is 10.3. The molecule has 2 aromatic heterocycles. The van der Waals surface area contributed by atoms with Crippen LogP contribution in [0.5, 0.6) is 0 Å². The number of halogens is 2. The van der Waals surface area contributed by atoms with Gasteiger partial charge in [-0.15, -0.1) is 0 Å². The van der Waals surface area contributed by atoms with Crippen LogP contribution in [0.25, 0.3) is 16.9 Å². The lowest BCUT2D eigenvalue weighted by Crippen LogP contribution is -2.02. The van der Waals surface area contributed by atoms with Crippen molar-refractivity contribution < 1.29 is 4.39 Å². The summed E-state index contributed by atoms with van der Waals surface area (Å²) in [6, 6.07) is 4.53. The highest BCUT2D eigenvalue weighted by atomic mass is 35.5. The van der Waals surface area contributed by atoms with Gasteiger partial charge in [-0.1, -0.05) is 11.6 Å². The molecule has 0 radical (unpaired) electrons. The van der Waals surface area contributed by atoms with Crippen LogP contribution in [0.3, 0.4) is 0 Å². The molecule has 0 amide bonds. The first-order valence-electron chi connectivity index (χ1n) is 5.19. The van der Waals surface area contributed by atoms with Crippen molar-refractivity contribution in [1.82, 2.24) is 19.3 Å². The number of aryl methyl sites for hydroxylation is 1. The van der Waals surface area contributed by atoms with Gasteiger partial charge in [-0.25, -0.2) is 9.37 Å². The zero-order valence-corrected chi connectivity index (χ0v) is 10.2. The number of hydrogen-bond donors (Lipinski definition) is 1. The van der Waals surface area contributed by atoms with Crippen molar-refractivity contribution in [2.75, 3.05) is 5.73 Å². The Morgan fingerprint density at radius 1 is 1.39 bits per heavy atom. The zero-order valence-electron chi connectivity index (χ0n) is 9.43. The average molecular weight is 266 g/mol. The number of nitrogens with two attached hydrogens (primary N) is 1. The van der Waals surface area contributed by atoms with Gasteiger partial charge in [-0.05, 0) is 6.07 Å². The first-order valence-corrected chi connectivity index (χ1v) is 5.57. The molecule has 7 heteroatoms. The van der Waals surface area contributed by atoms with Gasteiger partial charge >= 0.3 is 0 Å². The Kier molecular flexibility index (Phi) is 2.27. The first-order chi connectivity index (χ1) is 8.56. The molecule has 0 spiro atoms. The van der Waals surface area contributed by atoms with Crippen LogP contribution in [0.15, 0.2) is 24.4 Å². The van der Waals surface area contributed by atoms with E-state index in [1.54, 1.807) is 28.6 Å². The topological polar surface area (TPSA) is 61.7 Å². The Morgan fingerprint density at radius 3 is 2.83 bits per heavy atom. The summed E-state index contributed by atoms with van der Waals surface area (Å²) in [7, 11) is 1.80. The minimum absolute atomic E-state index is 0.0274. The summed E-state index contributed by atoms with van der Waals surface area (Å²) in [4.78, 5) is 4.09. The van der Waals surface area contributed by atoms with Crippen molar-refractivity contribution in [3.05, 3.63) is 35.2 Å². The minimum Gasteiger partial charge on any atom is -0.369 e. The maximum absolute atomic E-state index is 13.4. The van der Waals surface area contributed by atoms with Crippen molar-refractivity contribution in [2.24, 2.45) is 7.05 Å². The molecule has 0 aliphatic rings. The third kappa shape index (κ3) is 1.53. The third-order valence-corrected chi connectivity index (χ3v) is 2.94. The lowest BCUT2D eigenvalue weighted by molar-refractivity contribution is 0.630. The maximum atomic E-state index is 13.4. The Hall–Kier alpha value is -2.08. The van der Waals surface area contributed by atoms with E-state index >= 15 is 0 Å². The molecular weight excluding hydrogens is 257 g/mol. The molecule has 3 rings (SSSR count). The number of fused-ring (bicyclic) bond motifs is 1. The standard InChI is InChI=1S/C11H9ClFN5/c1-17-3-2-10(16-17)18-9-4-6(12)7(13)5-8(9)15-11(18)14/h2-5H,1H3,(H2,14,15). The van der Waals surface area contributed by atoms with Crippen LogP contribution < -0.4 is 5.73 Å². The Labute approximate surface area is 107 Å². The smallest absolute Gasteiger partial charge is 0.207 e. The fraction of sp³-hybridized carbons (Fsp3) is 0.0909. The van der Waals surface area contributed by atoms with Gasteiger partial charge in [0.25, 0.3) is 0 Å². The van der Waals surface area contributed by atoms with E-state index in [1.165, 1.54) is 12.1 Å². The van der Waals surface area contributed by atoms with Gasteiger partial charge in [0.15, 0.2) is 5.82 Å². The number of hydrogen-bond acceptors (Lipinski definition) is 3. The average Bonchev–Trinajstić information content (AvgIpc) is 2.83. The van der Waals surface area contributed by atoms with E-state index in [0.29, 0.717) is 16.9 Å². The normalized spacial score (nSPS) is 11.3. The molecule has 0 atom stereocenters. The number of nitrogens with zero attached hydrogens (tertiary/aromatic N) is 4. The van der Waals surface area contributed by atoms with Crippen LogP contribution in [-0.2, 0) is 7.05 Å². The number of benzene rings is 1. The highest BCUT2D eigenvalue weighted by molar-refractivity contribution is 6.31. The summed E-state index contributed by atoms with van der Waals surface area (Å²) < 4.78 is 16.6. The van der Waals surface area contributed by atoms with E-state index in [-0.39, 0.29) is 11.0 Å². The maximum Gasteiger partial charge on any atom is 0.207 e. The Balaban J connectivity index is 2.35.